The molecular weight excluding hydrogens is 196 g/mol. The van der Waals surface area contributed by atoms with E-state index in [1.807, 2.05) is 6.92 Å². The van der Waals surface area contributed by atoms with Gasteiger partial charge in [0, 0.05) is 6.20 Å². The van der Waals surface area contributed by atoms with E-state index in [0.717, 1.165) is 12.8 Å². The molecule has 0 saturated heterocycles. The second-order valence-corrected chi connectivity index (χ2v) is 3.37. The number of rotatable bonds is 6. The second kappa shape index (κ2) is 5.29. The normalized spacial score (nSPS) is 12.3. The fourth-order valence-electron chi connectivity index (χ4n) is 1.35. The van der Waals surface area contributed by atoms with Gasteiger partial charge in [-0.3, -0.25) is 9.48 Å². The summed E-state index contributed by atoms with van der Waals surface area (Å²) in [6.07, 6.45) is 5.78. The second-order valence-electron chi connectivity index (χ2n) is 3.37. The molecule has 0 aliphatic heterocycles. The molecule has 1 atom stereocenters. The van der Waals surface area contributed by atoms with Crippen LogP contribution in [0.2, 0.25) is 0 Å². The van der Waals surface area contributed by atoms with E-state index >= 15 is 0 Å². The number of carboxylic acids is 1. The average Bonchev–Trinajstić information content (AvgIpc) is 2.66. The Kier molecular flexibility index (Phi) is 4.03. The predicted octanol–water partition coefficient (Wildman–Crippen LogP) is 1.51. The summed E-state index contributed by atoms with van der Waals surface area (Å²) in [5.74, 6) is -0.913. The lowest BCUT2D eigenvalue weighted by Gasteiger charge is -2.11. The summed E-state index contributed by atoms with van der Waals surface area (Å²) in [5.41, 5.74) is 0.401. The Bertz CT molecular complexity index is 346. The highest BCUT2D eigenvalue weighted by molar-refractivity contribution is 5.75. The zero-order valence-electron chi connectivity index (χ0n) is 8.59. The van der Waals surface area contributed by atoms with E-state index in [1.54, 1.807) is 0 Å². The molecule has 1 aromatic heterocycles. The van der Waals surface area contributed by atoms with E-state index < -0.39 is 12.0 Å². The first-order valence-corrected chi connectivity index (χ1v) is 4.91. The summed E-state index contributed by atoms with van der Waals surface area (Å²) >= 11 is 0. The molecule has 0 saturated carbocycles. The molecule has 1 unspecified atom stereocenters. The van der Waals surface area contributed by atoms with Crippen LogP contribution in [-0.2, 0) is 4.79 Å². The zero-order chi connectivity index (χ0) is 11.3. The van der Waals surface area contributed by atoms with Gasteiger partial charge in [-0.25, -0.2) is 4.79 Å². The van der Waals surface area contributed by atoms with Gasteiger partial charge in [0.2, 0.25) is 0 Å². The fraction of sp³-hybridized carbons (Fsp3) is 0.500. The van der Waals surface area contributed by atoms with Crippen LogP contribution >= 0.6 is 0 Å². The van der Waals surface area contributed by atoms with Crippen molar-refractivity contribution < 1.29 is 14.7 Å². The van der Waals surface area contributed by atoms with Gasteiger partial charge in [-0.15, -0.1) is 0 Å². The van der Waals surface area contributed by atoms with Crippen LogP contribution in [0, 0.1) is 0 Å². The maximum atomic E-state index is 11.0. The molecule has 0 radical (unpaired) electrons. The van der Waals surface area contributed by atoms with Crippen LogP contribution in [0.15, 0.2) is 12.4 Å². The highest BCUT2D eigenvalue weighted by atomic mass is 16.4. The monoisotopic (exact) mass is 210 g/mol. The Morgan fingerprint density at radius 1 is 1.73 bits per heavy atom. The van der Waals surface area contributed by atoms with Gasteiger partial charge in [0.1, 0.15) is 6.04 Å². The van der Waals surface area contributed by atoms with Crippen molar-refractivity contribution in [2.24, 2.45) is 0 Å². The maximum Gasteiger partial charge on any atom is 0.328 e. The molecule has 82 valence electrons. The van der Waals surface area contributed by atoms with Crippen molar-refractivity contribution in [2.45, 2.75) is 32.2 Å². The highest BCUT2D eigenvalue weighted by Gasteiger charge is 2.19. The lowest BCUT2D eigenvalue weighted by molar-refractivity contribution is -0.141. The number of aromatic nitrogens is 2. The number of aliphatic carboxylic acids is 1. The zero-order valence-corrected chi connectivity index (χ0v) is 8.59. The maximum absolute atomic E-state index is 11.0. The smallest absolute Gasteiger partial charge is 0.328 e. The van der Waals surface area contributed by atoms with Crippen LogP contribution in [0.25, 0.3) is 0 Å². The molecule has 0 aliphatic rings. The highest BCUT2D eigenvalue weighted by Crippen LogP contribution is 2.14. The van der Waals surface area contributed by atoms with Crippen LogP contribution in [0.4, 0.5) is 0 Å². The van der Waals surface area contributed by atoms with Crippen molar-refractivity contribution in [1.29, 1.82) is 0 Å². The van der Waals surface area contributed by atoms with Gasteiger partial charge in [-0.05, 0) is 6.42 Å². The van der Waals surface area contributed by atoms with Crippen LogP contribution in [0.5, 0.6) is 0 Å². The minimum Gasteiger partial charge on any atom is -0.480 e. The number of unbranched alkanes of at least 4 members (excludes halogenated alkanes) is 1. The van der Waals surface area contributed by atoms with Gasteiger partial charge < -0.3 is 5.11 Å². The summed E-state index contributed by atoms with van der Waals surface area (Å²) in [5, 5.41) is 12.9. The molecule has 1 rings (SSSR count). The Balaban J connectivity index is 2.78. The molecule has 0 aromatic carbocycles. The summed E-state index contributed by atoms with van der Waals surface area (Å²) < 4.78 is 1.34. The molecule has 0 spiro atoms. The Morgan fingerprint density at radius 2 is 2.47 bits per heavy atom. The van der Waals surface area contributed by atoms with Gasteiger partial charge in [0.25, 0.3) is 0 Å². The molecule has 15 heavy (non-hydrogen) atoms. The predicted molar refractivity (Wildman–Crippen MR) is 53.8 cm³/mol. The van der Waals surface area contributed by atoms with Crippen molar-refractivity contribution >= 4 is 12.3 Å². The SMILES string of the molecule is CCCCC(C(=O)O)n1cc(C=O)cn1. The van der Waals surface area contributed by atoms with Crippen LogP contribution in [0.1, 0.15) is 42.6 Å². The van der Waals surface area contributed by atoms with Crippen LogP contribution in [0.3, 0.4) is 0 Å². The minimum absolute atomic E-state index is 0.401. The molecule has 1 heterocycles. The van der Waals surface area contributed by atoms with Gasteiger partial charge >= 0.3 is 5.97 Å². The number of carboxylic acid groups (broad SMARTS) is 1. The van der Waals surface area contributed by atoms with Crippen molar-refractivity contribution in [1.82, 2.24) is 9.78 Å². The Labute approximate surface area is 87.7 Å². The minimum atomic E-state index is -0.913. The van der Waals surface area contributed by atoms with Crippen molar-refractivity contribution in [3.05, 3.63) is 18.0 Å². The van der Waals surface area contributed by atoms with Gasteiger partial charge in [0.05, 0.1) is 11.8 Å². The molecule has 0 fully saturated rings. The molecule has 0 aliphatic carbocycles. The molecule has 0 bridgehead atoms. The quantitative estimate of drug-likeness (QED) is 0.722. The molecule has 5 heteroatoms. The van der Waals surface area contributed by atoms with Gasteiger partial charge in [-0.1, -0.05) is 19.8 Å². The Hall–Kier alpha value is -1.65. The van der Waals surface area contributed by atoms with Crippen LogP contribution < -0.4 is 0 Å². The number of carbonyl (C=O) groups is 2. The van der Waals surface area contributed by atoms with E-state index in [4.69, 9.17) is 5.11 Å². The number of nitrogens with zero attached hydrogens (tertiary/aromatic N) is 2. The summed E-state index contributed by atoms with van der Waals surface area (Å²) in [6, 6.07) is -0.668. The number of hydrogen-bond donors (Lipinski definition) is 1. The van der Waals surface area contributed by atoms with Gasteiger partial charge in [-0.2, -0.15) is 5.10 Å². The van der Waals surface area contributed by atoms with Crippen molar-refractivity contribution in [3.8, 4) is 0 Å². The third-order valence-electron chi connectivity index (χ3n) is 2.19. The van der Waals surface area contributed by atoms with E-state index in [1.165, 1.54) is 17.1 Å². The topological polar surface area (TPSA) is 72.2 Å². The largest absolute Gasteiger partial charge is 0.480 e. The van der Waals surface area contributed by atoms with E-state index in [9.17, 15) is 9.59 Å². The first kappa shape index (κ1) is 11.4. The van der Waals surface area contributed by atoms with Gasteiger partial charge in [0.15, 0.2) is 6.29 Å². The fourth-order valence-corrected chi connectivity index (χ4v) is 1.35. The number of aldehydes is 1. The van der Waals surface area contributed by atoms with E-state index in [0.29, 0.717) is 18.3 Å². The number of carbonyl (C=O) groups excluding carboxylic acids is 1. The van der Waals surface area contributed by atoms with Crippen LogP contribution in [-0.4, -0.2) is 27.1 Å². The third-order valence-corrected chi connectivity index (χ3v) is 2.19. The number of hydrogen-bond acceptors (Lipinski definition) is 3. The lowest BCUT2D eigenvalue weighted by Crippen LogP contribution is -2.19. The molecule has 0 amide bonds. The van der Waals surface area contributed by atoms with Crippen molar-refractivity contribution in [3.63, 3.8) is 0 Å². The van der Waals surface area contributed by atoms with Crippen molar-refractivity contribution in [2.75, 3.05) is 0 Å². The first-order chi connectivity index (χ1) is 7.19. The molecule has 1 N–H and O–H groups in total. The summed E-state index contributed by atoms with van der Waals surface area (Å²) in [7, 11) is 0. The molecular formula is C10H14N2O3. The lowest BCUT2D eigenvalue weighted by atomic mass is 10.1. The standard InChI is InChI=1S/C10H14N2O3/c1-2-3-4-9(10(14)15)12-6-8(7-13)5-11-12/h5-7,9H,2-4H2,1H3,(H,14,15). The molecule has 1 aromatic rings. The average molecular weight is 210 g/mol. The molecule has 5 nitrogen and oxygen atoms in total. The summed E-state index contributed by atoms with van der Waals surface area (Å²) in [6.45, 7) is 2.00. The van der Waals surface area contributed by atoms with E-state index in [2.05, 4.69) is 5.10 Å². The Morgan fingerprint density at radius 3 is 2.93 bits per heavy atom. The third kappa shape index (κ3) is 2.90. The van der Waals surface area contributed by atoms with E-state index in [-0.39, 0.29) is 0 Å². The first-order valence-electron chi connectivity index (χ1n) is 4.91. The summed E-state index contributed by atoms with van der Waals surface area (Å²) in [4.78, 5) is 21.4.